The molecule has 3 N–H and O–H groups in total. The molecule has 0 amide bonds. The van der Waals surface area contributed by atoms with Gasteiger partial charge in [-0.2, -0.15) is 0 Å². The van der Waals surface area contributed by atoms with Gasteiger partial charge < -0.3 is 20.1 Å². The maximum absolute atomic E-state index is 11.9. The van der Waals surface area contributed by atoms with Gasteiger partial charge in [-0.05, 0) is 45.4 Å². The van der Waals surface area contributed by atoms with Gasteiger partial charge >= 0.3 is 5.97 Å². The molecule has 0 aliphatic carbocycles. The van der Waals surface area contributed by atoms with Crippen LogP contribution in [-0.4, -0.2) is 47.2 Å². The Balaban J connectivity index is 3.65. The highest BCUT2D eigenvalue weighted by Gasteiger charge is 2.37. The van der Waals surface area contributed by atoms with Crippen LogP contribution in [0.2, 0.25) is 0 Å². The predicted octanol–water partition coefficient (Wildman–Crippen LogP) is 4.69. The number of carbonyl (C=O) groups is 1. The van der Waals surface area contributed by atoms with Crippen molar-refractivity contribution < 1.29 is 24.9 Å². The SMILES string of the molecule is CCCCC/C=C\C/C=C\CCCCCCCC(=O)OC(C)C(CO)(CO)CO. The fraction of sp³-hybridized carbons (Fsp3) is 0.792. The van der Waals surface area contributed by atoms with Crippen molar-refractivity contribution in [1.29, 1.82) is 0 Å². The van der Waals surface area contributed by atoms with Gasteiger partial charge in [-0.1, -0.05) is 63.3 Å². The third-order valence-corrected chi connectivity index (χ3v) is 5.45. The number of carbonyl (C=O) groups excluding carboxylic acids is 1. The smallest absolute Gasteiger partial charge is 0.306 e. The lowest BCUT2D eigenvalue weighted by Gasteiger charge is -2.33. The Morgan fingerprint density at radius 1 is 0.828 bits per heavy atom. The predicted molar refractivity (Wildman–Crippen MR) is 119 cm³/mol. The number of aliphatic hydroxyl groups is 3. The molecule has 1 atom stereocenters. The molecule has 0 aliphatic rings. The first-order valence-electron chi connectivity index (χ1n) is 11.4. The summed E-state index contributed by atoms with van der Waals surface area (Å²) in [5.41, 5.74) is -1.19. The Bertz CT molecular complexity index is 432. The molecule has 0 rings (SSSR count). The van der Waals surface area contributed by atoms with Crippen LogP contribution in [-0.2, 0) is 9.53 Å². The Labute approximate surface area is 177 Å². The lowest BCUT2D eigenvalue weighted by Crippen LogP contribution is -2.45. The molecule has 0 bridgehead atoms. The molecule has 0 aromatic carbocycles. The van der Waals surface area contributed by atoms with Crippen LogP contribution < -0.4 is 0 Å². The lowest BCUT2D eigenvalue weighted by molar-refractivity contribution is -0.163. The van der Waals surface area contributed by atoms with E-state index in [-0.39, 0.29) is 5.97 Å². The van der Waals surface area contributed by atoms with Gasteiger partial charge in [-0.3, -0.25) is 4.79 Å². The maximum Gasteiger partial charge on any atom is 0.306 e. The molecular formula is C24H44O5. The van der Waals surface area contributed by atoms with Crippen molar-refractivity contribution in [3.05, 3.63) is 24.3 Å². The second-order valence-corrected chi connectivity index (χ2v) is 7.95. The molecule has 1 unspecified atom stereocenters. The minimum Gasteiger partial charge on any atom is -0.462 e. The molecule has 0 radical (unpaired) electrons. The van der Waals surface area contributed by atoms with Gasteiger partial charge in [0.15, 0.2) is 0 Å². The van der Waals surface area contributed by atoms with Crippen molar-refractivity contribution >= 4 is 5.97 Å². The summed E-state index contributed by atoms with van der Waals surface area (Å²) in [6, 6.07) is 0. The average molecular weight is 413 g/mol. The van der Waals surface area contributed by atoms with Crippen molar-refractivity contribution in [1.82, 2.24) is 0 Å². The molecule has 5 nitrogen and oxygen atoms in total. The largest absolute Gasteiger partial charge is 0.462 e. The summed E-state index contributed by atoms with van der Waals surface area (Å²) in [5, 5.41) is 28.1. The van der Waals surface area contributed by atoms with Gasteiger partial charge in [0.1, 0.15) is 6.10 Å². The molecule has 0 aromatic rings. The van der Waals surface area contributed by atoms with Crippen LogP contribution in [0.4, 0.5) is 0 Å². The zero-order chi connectivity index (χ0) is 21.8. The normalized spacial score (nSPS) is 13.4. The first kappa shape index (κ1) is 27.8. The molecular weight excluding hydrogens is 368 g/mol. The van der Waals surface area contributed by atoms with E-state index in [2.05, 4.69) is 31.2 Å². The highest BCUT2D eigenvalue weighted by molar-refractivity contribution is 5.69. The van der Waals surface area contributed by atoms with E-state index in [9.17, 15) is 20.1 Å². The van der Waals surface area contributed by atoms with Crippen LogP contribution in [0, 0.1) is 5.41 Å². The molecule has 0 spiro atoms. The topological polar surface area (TPSA) is 87.0 Å². The molecule has 0 saturated carbocycles. The van der Waals surface area contributed by atoms with E-state index in [1.165, 1.54) is 32.1 Å². The zero-order valence-corrected chi connectivity index (χ0v) is 18.7. The third-order valence-electron chi connectivity index (χ3n) is 5.45. The monoisotopic (exact) mass is 412 g/mol. The summed E-state index contributed by atoms with van der Waals surface area (Å²) >= 11 is 0. The fourth-order valence-corrected chi connectivity index (χ4v) is 3.00. The summed E-state index contributed by atoms with van der Waals surface area (Å²) in [6.07, 6.45) is 21.0. The lowest BCUT2D eigenvalue weighted by atomic mass is 9.85. The molecule has 170 valence electrons. The first-order valence-corrected chi connectivity index (χ1v) is 11.4. The highest BCUT2D eigenvalue weighted by Crippen LogP contribution is 2.23. The van der Waals surface area contributed by atoms with Gasteiger partial charge in [0.25, 0.3) is 0 Å². The average Bonchev–Trinajstić information content (AvgIpc) is 2.72. The minimum atomic E-state index is -1.19. The number of hydrogen-bond acceptors (Lipinski definition) is 5. The van der Waals surface area contributed by atoms with E-state index in [0.717, 1.165) is 38.5 Å². The van der Waals surface area contributed by atoms with E-state index in [4.69, 9.17) is 4.74 Å². The Morgan fingerprint density at radius 2 is 1.34 bits per heavy atom. The Kier molecular flexibility index (Phi) is 18.1. The molecule has 0 fully saturated rings. The first-order chi connectivity index (χ1) is 14.1. The van der Waals surface area contributed by atoms with Crippen LogP contribution >= 0.6 is 0 Å². The van der Waals surface area contributed by atoms with Crippen molar-refractivity contribution in [2.45, 2.75) is 97.0 Å². The summed E-state index contributed by atoms with van der Waals surface area (Å²) in [4.78, 5) is 11.9. The summed E-state index contributed by atoms with van der Waals surface area (Å²) in [6.45, 7) is 2.52. The number of unbranched alkanes of at least 4 members (excludes halogenated alkanes) is 8. The quantitative estimate of drug-likeness (QED) is 0.163. The summed E-state index contributed by atoms with van der Waals surface area (Å²) < 4.78 is 5.27. The molecule has 0 aliphatic heterocycles. The maximum atomic E-state index is 11.9. The summed E-state index contributed by atoms with van der Waals surface area (Å²) in [5.74, 6) is -0.345. The number of rotatable bonds is 19. The van der Waals surface area contributed by atoms with E-state index in [0.29, 0.717) is 6.42 Å². The number of aliphatic hydroxyl groups excluding tert-OH is 3. The summed E-state index contributed by atoms with van der Waals surface area (Å²) in [7, 11) is 0. The van der Waals surface area contributed by atoms with Gasteiger partial charge in [-0.15, -0.1) is 0 Å². The standard InChI is InChI=1S/C24H44O5/c1-3-4-5-6-7-8-9-10-11-12-13-14-15-16-17-18-23(28)29-22(2)24(19-25,20-26)21-27/h7-8,10-11,22,25-27H,3-6,9,12-21H2,1-2H3/b8-7-,11-10-. The van der Waals surface area contributed by atoms with Gasteiger partial charge in [-0.25, -0.2) is 0 Å². The Hall–Kier alpha value is -1.17. The number of ether oxygens (including phenoxy) is 1. The van der Waals surface area contributed by atoms with E-state index < -0.39 is 31.3 Å². The second kappa shape index (κ2) is 18.8. The van der Waals surface area contributed by atoms with Crippen LogP contribution in [0.15, 0.2) is 24.3 Å². The molecule has 5 heteroatoms. The molecule has 0 heterocycles. The molecule has 29 heavy (non-hydrogen) atoms. The van der Waals surface area contributed by atoms with Crippen LogP contribution in [0.3, 0.4) is 0 Å². The van der Waals surface area contributed by atoms with Crippen LogP contribution in [0.25, 0.3) is 0 Å². The third kappa shape index (κ3) is 13.6. The van der Waals surface area contributed by atoms with E-state index in [1.807, 2.05) is 0 Å². The van der Waals surface area contributed by atoms with E-state index in [1.54, 1.807) is 6.92 Å². The van der Waals surface area contributed by atoms with Gasteiger partial charge in [0, 0.05) is 6.42 Å². The minimum absolute atomic E-state index is 0.327. The highest BCUT2D eigenvalue weighted by atomic mass is 16.5. The number of esters is 1. The zero-order valence-electron chi connectivity index (χ0n) is 18.7. The van der Waals surface area contributed by atoms with Crippen molar-refractivity contribution in [3.8, 4) is 0 Å². The molecule has 0 saturated heterocycles. The van der Waals surface area contributed by atoms with Crippen LogP contribution in [0.1, 0.15) is 90.9 Å². The van der Waals surface area contributed by atoms with Crippen molar-refractivity contribution in [2.75, 3.05) is 19.8 Å². The number of hydrogen-bond donors (Lipinski definition) is 3. The van der Waals surface area contributed by atoms with Gasteiger partial charge in [0.05, 0.1) is 25.2 Å². The van der Waals surface area contributed by atoms with Crippen LogP contribution in [0.5, 0.6) is 0 Å². The molecule has 0 aromatic heterocycles. The van der Waals surface area contributed by atoms with Gasteiger partial charge in [0.2, 0.25) is 0 Å². The van der Waals surface area contributed by atoms with Crippen molar-refractivity contribution in [3.63, 3.8) is 0 Å². The Morgan fingerprint density at radius 3 is 1.90 bits per heavy atom. The van der Waals surface area contributed by atoms with Crippen molar-refractivity contribution in [2.24, 2.45) is 5.41 Å². The number of allylic oxidation sites excluding steroid dienone is 4. The van der Waals surface area contributed by atoms with E-state index >= 15 is 0 Å². The second-order valence-electron chi connectivity index (χ2n) is 7.95. The fourth-order valence-electron chi connectivity index (χ4n) is 3.00.